The van der Waals surface area contributed by atoms with Crippen LogP contribution in [0.1, 0.15) is 62.2 Å². The number of benzene rings is 1. The second kappa shape index (κ2) is 7.76. The standard InChI is InChI=1S/C23H27N3O5/c1-13-19(14(2)25-20(13)15(3)27)22(29)26-9-7-23(8-10-26)12-24-21(28)17-11-16(30-4)5-6-18(17)31-23/h5-6,11,25H,7-10,12H2,1-4H3,(H,24,28). The average molecular weight is 425 g/mol. The molecule has 1 aromatic heterocycles. The van der Waals surface area contributed by atoms with Gasteiger partial charge >= 0.3 is 0 Å². The normalized spacial score (nSPS) is 17.4. The molecule has 8 heteroatoms. The zero-order valence-electron chi connectivity index (χ0n) is 18.3. The molecule has 2 amide bonds. The first-order valence-corrected chi connectivity index (χ1v) is 10.4. The van der Waals surface area contributed by atoms with Crippen LogP contribution in [0.15, 0.2) is 18.2 Å². The number of nitrogens with zero attached hydrogens (tertiary/aromatic N) is 1. The van der Waals surface area contributed by atoms with Crippen LogP contribution in [0.2, 0.25) is 0 Å². The Hall–Kier alpha value is -3.29. The number of hydrogen-bond donors (Lipinski definition) is 2. The molecule has 0 saturated carbocycles. The Balaban J connectivity index is 1.52. The number of fused-ring (bicyclic) bond motifs is 1. The lowest BCUT2D eigenvalue weighted by Gasteiger charge is -2.41. The molecule has 1 aromatic carbocycles. The fourth-order valence-corrected chi connectivity index (χ4v) is 4.49. The molecule has 0 radical (unpaired) electrons. The number of carbonyl (C=O) groups excluding carboxylic acids is 3. The van der Waals surface area contributed by atoms with Gasteiger partial charge in [-0.25, -0.2) is 0 Å². The Morgan fingerprint density at radius 3 is 2.52 bits per heavy atom. The number of methoxy groups -OCH3 is 1. The van der Waals surface area contributed by atoms with E-state index in [1.54, 1.807) is 37.1 Å². The summed E-state index contributed by atoms with van der Waals surface area (Å²) in [5, 5.41) is 2.96. The summed E-state index contributed by atoms with van der Waals surface area (Å²) in [5.74, 6) is 0.751. The SMILES string of the molecule is COc1ccc2c(c1)C(=O)NCC1(CCN(C(=O)c3c(C)[nH]c(C(C)=O)c3C)CC1)O2. The van der Waals surface area contributed by atoms with Crippen LogP contribution < -0.4 is 14.8 Å². The number of H-pyrrole nitrogens is 1. The van der Waals surface area contributed by atoms with Gasteiger partial charge in [-0.05, 0) is 37.6 Å². The second-order valence-electron chi connectivity index (χ2n) is 8.30. The number of piperidine rings is 1. The van der Waals surface area contributed by atoms with E-state index >= 15 is 0 Å². The third-order valence-electron chi connectivity index (χ3n) is 6.29. The first-order valence-electron chi connectivity index (χ1n) is 10.4. The number of likely N-dealkylation sites (tertiary alicyclic amines) is 1. The van der Waals surface area contributed by atoms with Crippen LogP contribution in [0.4, 0.5) is 0 Å². The Bertz CT molecular complexity index is 1060. The van der Waals surface area contributed by atoms with Crippen LogP contribution in [0.5, 0.6) is 11.5 Å². The van der Waals surface area contributed by atoms with Crippen molar-refractivity contribution in [2.24, 2.45) is 0 Å². The summed E-state index contributed by atoms with van der Waals surface area (Å²) in [6.07, 6.45) is 1.18. The van der Waals surface area contributed by atoms with E-state index in [0.29, 0.717) is 72.1 Å². The lowest BCUT2D eigenvalue weighted by atomic mass is 9.90. The second-order valence-corrected chi connectivity index (χ2v) is 8.30. The fraction of sp³-hybridized carbons (Fsp3) is 0.435. The molecule has 0 unspecified atom stereocenters. The molecule has 0 bridgehead atoms. The quantitative estimate of drug-likeness (QED) is 0.737. The first-order chi connectivity index (χ1) is 14.7. The number of carbonyl (C=O) groups is 3. The Morgan fingerprint density at radius 1 is 1.19 bits per heavy atom. The molecule has 1 saturated heterocycles. The number of hydrogen-bond acceptors (Lipinski definition) is 5. The topological polar surface area (TPSA) is 101 Å². The molecule has 31 heavy (non-hydrogen) atoms. The number of aromatic nitrogens is 1. The Kier molecular flexibility index (Phi) is 5.24. The predicted molar refractivity (Wildman–Crippen MR) is 114 cm³/mol. The molecule has 2 aliphatic rings. The number of amides is 2. The maximum Gasteiger partial charge on any atom is 0.255 e. The summed E-state index contributed by atoms with van der Waals surface area (Å²) < 4.78 is 11.6. The zero-order valence-corrected chi connectivity index (χ0v) is 18.3. The average Bonchev–Trinajstić information content (AvgIpc) is 2.99. The predicted octanol–water partition coefficient (Wildman–Crippen LogP) is 2.64. The summed E-state index contributed by atoms with van der Waals surface area (Å²) >= 11 is 0. The molecule has 2 aromatic rings. The molecular formula is C23H27N3O5. The highest BCUT2D eigenvalue weighted by Gasteiger charge is 2.41. The summed E-state index contributed by atoms with van der Waals surface area (Å²) in [7, 11) is 1.55. The van der Waals surface area contributed by atoms with Crippen molar-refractivity contribution in [2.75, 3.05) is 26.7 Å². The third-order valence-corrected chi connectivity index (χ3v) is 6.29. The van der Waals surface area contributed by atoms with Gasteiger partial charge < -0.3 is 24.7 Å². The smallest absolute Gasteiger partial charge is 0.255 e. The Morgan fingerprint density at radius 2 is 1.90 bits per heavy atom. The van der Waals surface area contributed by atoms with Crippen molar-refractivity contribution in [3.05, 3.63) is 46.3 Å². The van der Waals surface area contributed by atoms with Crippen molar-refractivity contribution in [2.45, 2.75) is 39.2 Å². The molecule has 2 N–H and O–H groups in total. The minimum absolute atomic E-state index is 0.0867. The van der Waals surface area contributed by atoms with Gasteiger partial charge in [-0.3, -0.25) is 14.4 Å². The summed E-state index contributed by atoms with van der Waals surface area (Å²) in [6, 6.07) is 5.20. The molecule has 0 aliphatic carbocycles. The van der Waals surface area contributed by atoms with E-state index in [9.17, 15) is 14.4 Å². The monoisotopic (exact) mass is 425 g/mol. The van der Waals surface area contributed by atoms with Gasteiger partial charge in [-0.2, -0.15) is 0 Å². The van der Waals surface area contributed by atoms with Gasteiger partial charge in [0.05, 0.1) is 30.5 Å². The molecule has 2 aliphatic heterocycles. The number of aromatic amines is 1. The van der Waals surface area contributed by atoms with Crippen molar-refractivity contribution in [1.29, 1.82) is 0 Å². The minimum atomic E-state index is -0.570. The van der Waals surface area contributed by atoms with E-state index in [4.69, 9.17) is 9.47 Å². The van der Waals surface area contributed by atoms with Crippen LogP contribution >= 0.6 is 0 Å². The molecule has 1 spiro atoms. The summed E-state index contributed by atoms with van der Waals surface area (Å²) in [6.45, 7) is 6.48. The van der Waals surface area contributed by atoms with E-state index in [-0.39, 0.29) is 17.6 Å². The van der Waals surface area contributed by atoms with Gasteiger partial charge in [0.25, 0.3) is 11.8 Å². The van der Waals surface area contributed by atoms with Gasteiger partial charge in [0, 0.05) is 38.5 Å². The van der Waals surface area contributed by atoms with E-state index in [0.717, 1.165) is 0 Å². The molecule has 4 rings (SSSR count). The maximum atomic E-state index is 13.2. The molecule has 1 fully saturated rings. The number of aryl methyl sites for hydroxylation is 1. The number of ether oxygens (including phenoxy) is 2. The third kappa shape index (κ3) is 3.66. The lowest BCUT2D eigenvalue weighted by molar-refractivity contribution is 0.00765. The van der Waals surface area contributed by atoms with Crippen LogP contribution in [0.25, 0.3) is 0 Å². The van der Waals surface area contributed by atoms with E-state index < -0.39 is 5.60 Å². The molecule has 164 valence electrons. The molecule has 8 nitrogen and oxygen atoms in total. The number of rotatable bonds is 3. The fourth-order valence-electron chi connectivity index (χ4n) is 4.49. The Labute approximate surface area is 180 Å². The first kappa shape index (κ1) is 21.0. The van der Waals surface area contributed by atoms with Crippen LogP contribution in [-0.2, 0) is 0 Å². The van der Waals surface area contributed by atoms with Crippen molar-refractivity contribution < 1.29 is 23.9 Å². The van der Waals surface area contributed by atoms with Crippen LogP contribution in [0, 0.1) is 13.8 Å². The number of nitrogens with one attached hydrogen (secondary N) is 2. The highest BCUT2D eigenvalue weighted by Crippen LogP contribution is 2.35. The van der Waals surface area contributed by atoms with Gasteiger partial charge in [0.15, 0.2) is 5.78 Å². The molecule has 0 atom stereocenters. The van der Waals surface area contributed by atoms with Crippen molar-refractivity contribution >= 4 is 17.6 Å². The van der Waals surface area contributed by atoms with Gasteiger partial charge in [-0.15, -0.1) is 0 Å². The lowest BCUT2D eigenvalue weighted by Crippen LogP contribution is -2.54. The maximum absolute atomic E-state index is 13.2. The molecule has 3 heterocycles. The minimum Gasteiger partial charge on any atom is -0.497 e. The molecular weight excluding hydrogens is 398 g/mol. The zero-order chi connectivity index (χ0) is 22.3. The van der Waals surface area contributed by atoms with Crippen LogP contribution in [0.3, 0.4) is 0 Å². The van der Waals surface area contributed by atoms with Gasteiger partial charge in [-0.1, -0.05) is 0 Å². The largest absolute Gasteiger partial charge is 0.497 e. The van der Waals surface area contributed by atoms with Crippen molar-refractivity contribution in [3.8, 4) is 11.5 Å². The highest BCUT2D eigenvalue weighted by molar-refractivity contribution is 6.02. The number of ketones is 1. The van der Waals surface area contributed by atoms with Crippen LogP contribution in [-0.4, -0.2) is 59.8 Å². The summed E-state index contributed by atoms with van der Waals surface area (Å²) in [4.78, 5) is 42.4. The highest BCUT2D eigenvalue weighted by atomic mass is 16.5. The van der Waals surface area contributed by atoms with E-state index in [1.807, 2.05) is 6.92 Å². The number of Topliss-reactive ketones (excluding diaryl/α,β-unsaturated/α-hetero) is 1. The van der Waals surface area contributed by atoms with E-state index in [1.165, 1.54) is 6.92 Å². The van der Waals surface area contributed by atoms with Gasteiger partial charge in [0.1, 0.15) is 17.1 Å². The van der Waals surface area contributed by atoms with Crippen molar-refractivity contribution in [3.63, 3.8) is 0 Å². The summed E-state index contributed by atoms with van der Waals surface area (Å²) in [5.41, 5.74) is 2.32. The van der Waals surface area contributed by atoms with Crippen molar-refractivity contribution in [1.82, 2.24) is 15.2 Å². The van der Waals surface area contributed by atoms with Gasteiger partial charge in [0.2, 0.25) is 0 Å². The van der Waals surface area contributed by atoms with E-state index in [2.05, 4.69) is 10.3 Å².